The van der Waals surface area contributed by atoms with E-state index in [-0.39, 0.29) is 0 Å². The fraction of sp³-hybridized carbons (Fsp3) is 0.467. The standard InChI is InChI=1S/C15H20BrN3O2/c1-14(2,15(3,4)17)13-18-12(19-21-13)9-6-7-11(20-5)10(16)8-9/h6-8H,17H2,1-5H3. The zero-order valence-electron chi connectivity index (χ0n) is 12.9. The third-order valence-corrected chi connectivity index (χ3v) is 4.60. The molecule has 0 saturated heterocycles. The van der Waals surface area contributed by atoms with E-state index in [4.69, 9.17) is 15.0 Å². The van der Waals surface area contributed by atoms with Gasteiger partial charge in [-0.15, -0.1) is 0 Å². The molecule has 0 saturated carbocycles. The summed E-state index contributed by atoms with van der Waals surface area (Å²) in [6, 6.07) is 5.64. The molecule has 2 N–H and O–H groups in total. The van der Waals surface area contributed by atoms with E-state index >= 15 is 0 Å². The maximum atomic E-state index is 6.20. The predicted molar refractivity (Wildman–Crippen MR) is 85.3 cm³/mol. The molecule has 0 unspecified atom stereocenters. The van der Waals surface area contributed by atoms with Crippen LogP contribution in [0.2, 0.25) is 0 Å². The normalized spacial score (nSPS) is 12.5. The fourth-order valence-corrected chi connectivity index (χ4v) is 2.22. The van der Waals surface area contributed by atoms with Crippen molar-refractivity contribution in [2.24, 2.45) is 5.73 Å². The molecule has 1 heterocycles. The number of ether oxygens (including phenoxy) is 1. The van der Waals surface area contributed by atoms with Gasteiger partial charge >= 0.3 is 0 Å². The lowest BCUT2D eigenvalue weighted by Gasteiger charge is -2.34. The van der Waals surface area contributed by atoms with Crippen LogP contribution in [0.5, 0.6) is 5.75 Å². The highest BCUT2D eigenvalue weighted by Gasteiger charge is 2.40. The Kier molecular flexibility index (Phi) is 4.13. The minimum atomic E-state index is -0.475. The molecule has 0 spiro atoms. The molecule has 0 aliphatic carbocycles. The van der Waals surface area contributed by atoms with Gasteiger partial charge in [-0.25, -0.2) is 0 Å². The van der Waals surface area contributed by atoms with E-state index < -0.39 is 11.0 Å². The van der Waals surface area contributed by atoms with Gasteiger partial charge in [0, 0.05) is 11.1 Å². The number of aromatic nitrogens is 2. The van der Waals surface area contributed by atoms with Gasteiger partial charge in [0.1, 0.15) is 5.75 Å². The van der Waals surface area contributed by atoms with Crippen molar-refractivity contribution in [1.82, 2.24) is 10.1 Å². The van der Waals surface area contributed by atoms with Crippen LogP contribution in [-0.4, -0.2) is 22.8 Å². The Labute approximate surface area is 133 Å². The number of hydrogen-bond acceptors (Lipinski definition) is 5. The summed E-state index contributed by atoms with van der Waals surface area (Å²) in [5.74, 6) is 1.81. The summed E-state index contributed by atoms with van der Waals surface area (Å²) >= 11 is 3.45. The Hall–Kier alpha value is -1.40. The van der Waals surface area contributed by atoms with Gasteiger partial charge in [-0.1, -0.05) is 5.16 Å². The van der Waals surface area contributed by atoms with Crippen molar-refractivity contribution >= 4 is 15.9 Å². The van der Waals surface area contributed by atoms with Crippen LogP contribution in [0.1, 0.15) is 33.6 Å². The van der Waals surface area contributed by atoms with Crippen LogP contribution >= 0.6 is 15.9 Å². The van der Waals surface area contributed by atoms with Crippen LogP contribution in [0.3, 0.4) is 0 Å². The molecule has 21 heavy (non-hydrogen) atoms. The molecule has 0 radical (unpaired) electrons. The Balaban J connectivity index is 2.39. The molecule has 0 bridgehead atoms. The molecule has 2 rings (SSSR count). The second kappa shape index (κ2) is 5.42. The Morgan fingerprint density at radius 3 is 2.43 bits per heavy atom. The van der Waals surface area contributed by atoms with E-state index in [1.165, 1.54) is 0 Å². The summed E-state index contributed by atoms with van der Waals surface area (Å²) in [6.07, 6.45) is 0. The first-order valence-corrected chi connectivity index (χ1v) is 7.43. The average molecular weight is 354 g/mol. The summed E-state index contributed by atoms with van der Waals surface area (Å²) in [5, 5.41) is 4.06. The summed E-state index contributed by atoms with van der Waals surface area (Å²) in [5.41, 5.74) is 6.15. The quantitative estimate of drug-likeness (QED) is 0.909. The highest BCUT2D eigenvalue weighted by atomic mass is 79.9. The van der Waals surface area contributed by atoms with Crippen LogP contribution in [0.4, 0.5) is 0 Å². The topological polar surface area (TPSA) is 74.2 Å². The van der Waals surface area contributed by atoms with Gasteiger partial charge in [0.05, 0.1) is 17.0 Å². The number of benzene rings is 1. The molecule has 0 amide bonds. The molecule has 6 heteroatoms. The number of halogens is 1. The van der Waals surface area contributed by atoms with E-state index in [1.807, 2.05) is 45.9 Å². The highest BCUT2D eigenvalue weighted by Crippen LogP contribution is 2.34. The van der Waals surface area contributed by atoms with Crippen molar-refractivity contribution in [3.63, 3.8) is 0 Å². The molecular weight excluding hydrogens is 334 g/mol. The van der Waals surface area contributed by atoms with Crippen molar-refractivity contribution in [3.8, 4) is 17.1 Å². The van der Waals surface area contributed by atoms with Gasteiger partial charge in [-0.3, -0.25) is 0 Å². The van der Waals surface area contributed by atoms with Gasteiger partial charge in [0.15, 0.2) is 0 Å². The van der Waals surface area contributed by atoms with Crippen molar-refractivity contribution in [2.75, 3.05) is 7.11 Å². The van der Waals surface area contributed by atoms with E-state index in [0.29, 0.717) is 11.7 Å². The molecule has 1 aromatic carbocycles. The molecule has 1 aromatic heterocycles. The van der Waals surface area contributed by atoms with Gasteiger partial charge < -0.3 is 15.0 Å². The van der Waals surface area contributed by atoms with E-state index in [1.54, 1.807) is 7.11 Å². The summed E-state index contributed by atoms with van der Waals surface area (Å²) in [7, 11) is 1.62. The summed E-state index contributed by atoms with van der Waals surface area (Å²) < 4.78 is 11.5. The second-order valence-corrected chi connectivity index (χ2v) is 6.97. The van der Waals surface area contributed by atoms with Gasteiger partial charge in [0.25, 0.3) is 0 Å². The summed E-state index contributed by atoms with van der Waals surface area (Å²) in [6.45, 7) is 7.88. The largest absolute Gasteiger partial charge is 0.496 e. The monoisotopic (exact) mass is 353 g/mol. The number of methoxy groups -OCH3 is 1. The molecule has 0 aliphatic heterocycles. The minimum absolute atomic E-state index is 0.429. The third-order valence-electron chi connectivity index (χ3n) is 3.98. The Morgan fingerprint density at radius 1 is 1.24 bits per heavy atom. The minimum Gasteiger partial charge on any atom is -0.496 e. The molecule has 5 nitrogen and oxygen atoms in total. The van der Waals surface area contributed by atoms with Crippen molar-refractivity contribution in [2.45, 2.75) is 38.6 Å². The lowest BCUT2D eigenvalue weighted by molar-refractivity contribution is 0.223. The SMILES string of the molecule is COc1ccc(-c2noc(C(C)(C)C(C)(C)N)n2)cc1Br. The lowest BCUT2D eigenvalue weighted by atomic mass is 9.75. The highest BCUT2D eigenvalue weighted by molar-refractivity contribution is 9.10. The van der Waals surface area contributed by atoms with E-state index in [0.717, 1.165) is 15.8 Å². The second-order valence-electron chi connectivity index (χ2n) is 6.12. The smallest absolute Gasteiger partial charge is 0.234 e. The van der Waals surface area contributed by atoms with Crippen molar-refractivity contribution < 1.29 is 9.26 Å². The first kappa shape index (κ1) is 16.0. The third kappa shape index (κ3) is 2.96. The zero-order chi connectivity index (χ0) is 15.8. The molecule has 0 fully saturated rings. The molecule has 2 aromatic rings. The molecule has 0 aliphatic rings. The van der Waals surface area contributed by atoms with Gasteiger partial charge in [-0.05, 0) is 61.8 Å². The van der Waals surface area contributed by atoms with E-state index in [9.17, 15) is 0 Å². The Bertz CT molecular complexity index is 645. The van der Waals surface area contributed by atoms with Crippen LogP contribution in [0.15, 0.2) is 27.2 Å². The molecule has 0 atom stereocenters. The van der Waals surface area contributed by atoms with Crippen molar-refractivity contribution in [1.29, 1.82) is 0 Å². The average Bonchev–Trinajstić information content (AvgIpc) is 2.87. The predicted octanol–water partition coefficient (Wildman–Crippen LogP) is 3.52. The molecular formula is C15H20BrN3O2. The van der Waals surface area contributed by atoms with Crippen LogP contribution < -0.4 is 10.5 Å². The number of nitrogens with zero attached hydrogens (tertiary/aromatic N) is 2. The number of hydrogen-bond donors (Lipinski definition) is 1. The maximum Gasteiger partial charge on any atom is 0.234 e. The zero-order valence-corrected chi connectivity index (χ0v) is 14.5. The van der Waals surface area contributed by atoms with E-state index in [2.05, 4.69) is 26.1 Å². The van der Waals surface area contributed by atoms with Crippen LogP contribution in [0, 0.1) is 0 Å². The van der Waals surface area contributed by atoms with Crippen molar-refractivity contribution in [3.05, 3.63) is 28.6 Å². The summed E-state index contributed by atoms with van der Waals surface area (Å²) in [4.78, 5) is 4.50. The maximum absolute atomic E-state index is 6.20. The lowest BCUT2D eigenvalue weighted by Crippen LogP contribution is -2.50. The number of nitrogens with two attached hydrogens (primary N) is 1. The molecule has 114 valence electrons. The Morgan fingerprint density at radius 2 is 1.90 bits per heavy atom. The van der Waals surface area contributed by atoms with Crippen LogP contribution in [0.25, 0.3) is 11.4 Å². The number of rotatable bonds is 4. The fourth-order valence-electron chi connectivity index (χ4n) is 1.68. The van der Waals surface area contributed by atoms with Gasteiger partial charge in [-0.2, -0.15) is 4.98 Å². The first-order valence-electron chi connectivity index (χ1n) is 6.64. The van der Waals surface area contributed by atoms with Gasteiger partial charge in [0.2, 0.25) is 11.7 Å². The van der Waals surface area contributed by atoms with Crippen LogP contribution in [-0.2, 0) is 5.41 Å². The first-order chi connectivity index (χ1) is 9.66.